The molecule has 0 unspecified atom stereocenters. The van der Waals surface area contributed by atoms with Gasteiger partial charge in [-0.15, -0.1) is 0 Å². The van der Waals surface area contributed by atoms with Gasteiger partial charge in [-0.05, 0) is 18.2 Å². The summed E-state index contributed by atoms with van der Waals surface area (Å²) in [5.41, 5.74) is 1.07. The number of halogens is 3. The van der Waals surface area contributed by atoms with E-state index in [0.717, 1.165) is 0 Å². The maximum Gasteiger partial charge on any atom is 0.282 e. The number of hydrogen-bond donors (Lipinski definition) is 0. The van der Waals surface area contributed by atoms with Gasteiger partial charge in [0.1, 0.15) is 24.2 Å². The van der Waals surface area contributed by atoms with E-state index in [4.69, 9.17) is 0 Å². The van der Waals surface area contributed by atoms with Crippen molar-refractivity contribution in [2.75, 3.05) is 0 Å². The normalized spacial score (nSPS) is 12.8. The predicted octanol–water partition coefficient (Wildman–Crippen LogP) is 2.57. The molecule has 21 heavy (non-hydrogen) atoms. The van der Waals surface area contributed by atoms with Crippen LogP contribution in [0.2, 0.25) is 0 Å². The summed E-state index contributed by atoms with van der Waals surface area (Å²) in [6.45, 7) is 0.102. The summed E-state index contributed by atoms with van der Waals surface area (Å²) in [6, 6.07) is 4.11. The molecule has 0 radical (unpaired) electrons. The van der Waals surface area contributed by atoms with Crippen LogP contribution in [0.1, 0.15) is 17.8 Å². The third-order valence-electron chi connectivity index (χ3n) is 3.48. The minimum atomic E-state index is -2.68. The molecule has 0 spiro atoms. The predicted molar refractivity (Wildman–Crippen MR) is 66.6 cm³/mol. The third-order valence-corrected chi connectivity index (χ3v) is 3.48. The van der Waals surface area contributed by atoms with Crippen LogP contribution in [0.3, 0.4) is 0 Å². The van der Waals surface area contributed by atoms with E-state index in [-0.39, 0.29) is 12.2 Å². The zero-order chi connectivity index (χ0) is 14.6. The van der Waals surface area contributed by atoms with Gasteiger partial charge in [-0.25, -0.2) is 27.8 Å². The Morgan fingerprint density at radius 2 is 2.05 bits per heavy atom. The van der Waals surface area contributed by atoms with Crippen LogP contribution < -0.4 is 0 Å². The highest BCUT2D eigenvalue weighted by Crippen LogP contribution is 2.33. The second-order valence-corrected chi connectivity index (χ2v) is 4.65. The quantitative estimate of drug-likeness (QED) is 0.541. The second-order valence-electron chi connectivity index (χ2n) is 4.65. The molecule has 1 aliphatic rings. The lowest BCUT2D eigenvalue weighted by atomic mass is 10.1. The van der Waals surface area contributed by atoms with Crippen molar-refractivity contribution < 1.29 is 13.2 Å². The van der Waals surface area contributed by atoms with Crippen LogP contribution in [0.4, 0.5) is 13.2 Å². The van der Waals surface area contributed by atoms with Gasteiger partial charge in [0.05, 0.1) is 17.9 Å². The van der Waals surface area contributed by atoms with Crippen molar-refractivity contribution in [2.24, 2.45) is 0 Å². The summed E-state index contributed by atoms with van der Waals surface area (Å²) in [6.07, 6.45) is -0.0480. The van der Waals surface area contributed by atoms with Crippen molar-refractivity contribution in [1.29, 1.82) is 0 Å². The number of fused-ring (bicyclic) bond motifs is 5. The summed E-state index contributed by atoms with van der Waals surface area (Å²) in [7, 11) is 0. The first-order valence-electron chi connectivity index (χ1n) is 6.17. The Morgan fingerprint density at radius 3 is 2.86 bits per heavy atom. The van der Waals surface area contributed by atoms with Crippen LogP contribution >= 0.6 is 0 Å². The van der Waals surface area contributed by atoms with Crippen LogP contribution in [-0.2, 0) is 6.54 Å². The largest absolute Gasteiger partial charge is 0.300 e. The zero-order valence-corrected chi connectivity index (χ0v) is 10.5. The van der Waals surface area contributed by atoms with Crippen molar-refractivity contribution >= 4 is 0 Å². The molecule has 106 valence electrons. The second kappa shape index (κ2) is 4.18. The van der Waals surface area contributed by atoms with Crippen LogP contribution in [0, 0.1) is 5.82 Å². The number of aromatic nitrogens is 5. The Kier molecular flexibility index (Phi) is 2.41. The van der Waals surface area contributed by atoms with E-state index in [1.165, 1.54) is 40.1 Å². The third kappa shape index (κ3) is 1.68. The van der Waals surface area contributed by atoms with Crippen molar-refractivity contribution in [3.05, 3.63) is 48.1 Å². The van der Waals surface area contributed by atoms with E-state index in [1.54, 1.807) is 0 Å². The molecule has 4 rings (SSSR count). The van der Waals surface area contributed by atoms with Gasteiger partial charge >= 0.3 is 0 Å². The van der Waals surface area contributed by atoms with E-state index in [0.29, 0.717) is 22.8 Å². The number of imidazole rings is 1. The molecule has 0 aliphatic carbocycles. The van der Waals surface area contributed by atoms with Gasteiger partial charge in [0.25, 0.3) is 6.43 Å². The monoisotopic (exact) mass is 291 g/mol. The number of rotatable bonds is 1. The number of hydrogen-bond acceptors (Lipinski definition) is 3. The lowest BCUT2D eigenvalue weighted by Gasteiger charge is -2.08. The lowest BCUT2D eigenvalue weighted by Crippen LogP contribution is -2.07. The molecule has 2 aromatic heterocycles. The maximum absolute atomic E-state index is 13.5. The van der Waals surface area contributed by atoms with E-state index in [2.05, 4.69) is 15.1 Å². The standard InChI is InChI=1S/C13H8F3N5/c14-7-1-2-9-8(3-7)13-17-5-19-21(13)4-10-11(12(15)16)18-6-20(9)10/h1-3,5-6,12H,4H2. The average Bonchev–Trinajstić information content (AvgIpc) is 3.04. The van der Waals surface area contributed by atoms with Crippen molar-refractivity contribution in [1.82, 2.24) is 24.3 Å². The first kappa shape index (κ1) is 12.1. The highest BCUT2D eigenvalue weighted by atomic mass is 19.3. The van der Waals surface area contributed by atoms with E-state index < -0.39 is 12.2 Å². The number of nitrogens with zero attached hydrogens (tertiary/aromatic N) is 5. The molecule has 3 aromatic rings. The highest BCUT2D eigenvalue weighted by Gasteiger charge is 2.26. The molecule has 8 heteroatoms. The summed E-state index contributed by atoms with van der Waals surface area (Å²) < 4.78 is 42.7. The molecule has 5 nitrogen and oxygen atoms in total. The fourth-order valence-corrected chi connectivity index (χ4v) is 2.56. The Morgan fingerprint density at radius 1 is 1.19 bits per heavy atom. The molecule has 3 heterocycles. The summed E-state index contributed by atoms with van der Waals surface area (Å²) in [5, 5.41) is 4.02. The van der Waals surface area contributed by atoms with Gasteiger partial charge in [-0.3, -0.25) is 0 Å². The summed E-state index contributed by atoms with van der Waals surface area (Å²) in [4.78, 5) is 7.88. The Bertz CT molecular complexity index is 836. The molecule has 0 fully saturated rings. The van der Waals surface area contributed by atoms with Crippen LogP contribution in [-0.4, -0.2) is 24.3 Å². The van der Waals surface area contributed by atoms with Gasteiger partial charge < -0.3 is 4.57 Å². The zero-order valence-electron chi connectivity index (χ0n) is 10.5. The summed E-state index contributed by atoms with van der Waals surface area (Å²) >= 11 is 0. The van der Waals surface area contributed by atoms with Crippen LogP contribution in [0.15, 0.2) is 30.9 Å². The van der Waals surface area contributed by atoms with Gasteiger partial charge in [-0.2, -0.15) is 5.10 Å². The van der Waals surface area contributed by atoms with Crippen molar-refractivity contribution in [2.45, 2.75) is 13.0 Å². The van der Waals surface area contributed by atoms with E-state index in [1.807, 2.05) is 0 Å². The Balaban J connectivity index is 2.07. The Labute approximate surface area is 116 Å². The number of alkyl halides is 2. The number of benzene rings is 1. The molecular formula is C13H8F3N5. The molecule has 0 bridgehead atoms. The molecule has 0 N–H and O–H groups in total. The van der Waals surface area contributed by atoms with Crippen molar-refractivity contribution in [3.63, 3.8) is 0 Å². The van der Waals surface area contributed by atoms with Gasteiger partial charge in [0.15, 0.2) is 5.82 Å². The van der Waals surface area contributed by atoms with Crippen LogP contribution in [0.25, 0.3) is 17.1 Å². The van der Waals surface area contributed by atoms with Crippen molar-refractivity contribution in [3.8, 4) is 17.1 Å². The van der Waals surface area contributed by atoms with Gasteiger partial charge in [0, 0.05) is 5.56 Å². The smallest absolute Gasteiger partial charge is 0.282 e. The van der Waals surface area contributed by atoms with E-state index in [9.17, 15) is 13.2 Å². The topological polar surface area (TPSA) is 48.5 Å². The first-order chi connectivity index (χ1) is 10.1. The molecule has 0 saturated carbocycles. The molecule has 0 saturated heterocycles. The fourth-order valence-electron chi connectivity index (χ4n) is 2.56. The average molecular weight is 291 g/mol. The first-order valence-corrected chi connectivity index (χ1v) is 6.17. The lowest BCUT2D eigenvalue weighted by molar-refractivity contribution is 0.145. The van der Waals surface area contributed by atoms with Gasteiger partial charge in [-0.1, -0.05) is 0 Å². The summed E-state index contributed by atoms with van der Waals surface area (Å²) in [5.74, 6) is 0.00867. The molecular weight excluding hydrogens is 283 g/mol. The molecule has 1 aromatic carbocycles. The van der Waals surface area contributed by atoms with Gasteiger partial charge in [0.2, 0.25) is 0 Å². The molecule has 0 atom stereocenters. The maximum atomic E-state index is 13.5. The fraction of sp³-hybridized carbons (Fsp3) is 0.154. The minimum Gasteiger partial charge on any atom is -0.300 e. The van der Waals surface area contributed by atoms with E-state index >= 15 is 0 Å². The highest BCUT2D eigenvalue weighted by molar-refractivity contribution is 5.69. The molecule has 0 amide bonds. The van der Waals surface area contributed by atoms with Crippen LogP contribution in [0.5, 0.6) is 0 Å². The minimum absolute atomic E-state index is 0.102. The SMILES string of the molecule is Fc1ccc2c(c1)-c1ncnn1Cc1c(C(F)F)ncn1-2. The molecule has 1 aliphatic heterocycles. The Hall–Kier alpha value is -2.64.